The molecule has 3 aromatic rings. The number of hydrogen-bond acceptors (Lipinski definition) is 4. The first-order chi connectivity index (χ1) is 15.7. The minimum absolute atomic E-state index is 0.279. The van der Waals surface area contributed by atoms with E-state index >= 15 is 0 Å². The number of benzene rings is 1. The maximum absolute atomic E-state index is 13.1. The van der Waals surface area contributed by atoms with Crippen molar-refractivity contribution in [3.05, 3.63) is 54.0 Å². The Morgan fingerprint density at radius 3 is 2.56 bits per heavy atom. The maximum Gasteiger partial charge on any atom is 0.234 e. The van der Waals surface area contributed by atoms with Gasteiger partial charge in [0.2, 0.25) is 11.7 Å². The third-order valence-corrected chi connectivity index (χ3v) is 7.81. The van der Waals surface area contributed by atoms with Crippen molar-refractivity contribution in [2.24, 2.45) is 5.92 Å². The van der Waals surface area contributed by atoms with Crippen LogP contribution < -0.4 is 0 Å². The van der Waals surface area contributed by atoms with Gasteiger partial charge >= 0.3 is 0 Å². The molecule has 2 aromatic heterocycles. The van der Waals surface area contributed by atoms with Crippen molar-refractivity contribution in [1.82, 2.24) is 24.2 Å². The third kappa shape index (κ3) is 3.41. The normalized spacial score (nSPS) is 24.0. The number of rotatable bonds is 4. The number of imidazole rings is 1. The smallest absolute Gasteiger partial charge is 0.234 e. The lowest BCUT2D eigenvalue weighted by Crippen LogP contribution is -2.64. The predicted molar refractivity (Wildman–Crippen MR) is 124 cm³/mol. The van der Waals surface area contributed by atoms with Gasteiger partial charge in [-0.15, -0.1) is 0 Å². The highest BCUT2D eigenvalue weighted by molar-refractivity contribution is 5.79. The Kier molecular flexibility index (Phi) is 4.98. The fourth-order valence-electron chi connectivity index (χ4n) is 6.01. The van der Waals surface area contributed by atoms with E-state index in [9.17, 15) is 4.79 Å². The highest BCUT2D eigenvalue weighted by atomic mass is 16.2. The second kappa shape index (κ2) is 8.00. The highest BCUT2D eigenvalue weighted by Crippen LogP contribution is 2.35. The van der Waals surface area contributed by atoms with Gasteiger partial charge in [0.25, 0.3) is 0 Å². The molecule has 6 nitrogen and oxygen atoms in total. The van der Waals surface area contributed by atoms with E-state index in [1.54, 1.807) is 6.20 Å². The Hall–Kier alpha value is -2.73. The van der Waals surface area contributed by atoms with Crippen LogP contribution in [0.25, 0.3) is 17.0 Å². The first kappa shape index (κ1) is 19.9. The summed E-state index contributed by atoms with van der Waals surface area (Å²) < 4.78 is 2.14. The molecule has 3 saturated heterocycles. The first-order valence-corrected chi connectivity index (χ1v) is 12.1. The van der Waals surface area contributed by atoms with E-state index in [0.717, 1.165) is 55.9 Å². The monoisotopic (exact) mass is 429 g/mol. The van der Waals surface area contributed by atoms with Crippen LogP contribution in [0.1, 0.15) is 49.8 Å². The largest absolute Gasteiger partial charge is 0.337 e. The molecule has 1 amide bonds. The Balaban J connectivity index is 1.28. The van der Waals surface area contributed by atoms with Gasteiger partial charge in [0.15, 0.2) is 0 Å². The molecule has 1 saturated carbocycles. The highest BCUT2D eigenvalue weighted by Gasteiger charge is 2.43. The van der Waals surface area contributed by atoms with Gasteiger partial charge in [-0.05, 0) is 38.7 Å². The van der Waals surface area contributed by atoms with Crippen LogP contribution in [0.15, 0.2) is 42.7 Å². The molecule has 5 heterocycles. The van der Waals surface area contributed by atoms with Gasteiger partial charge in [-0.2, -0.15) is 0 Å². The summed E-state index contributed by atoms with van der Waals surface area (Å²) in [6.45, 7) is 4.79. The molecule has 2 bridgehead atoms. The van der Waals surface area contributed by atoms with Crippen LogP contribution >= 0.6 is 0 Å². The molecule has 2 atom stereocenters. The quantitative estimate of drug-likeness (QED) is 0.627. The number of amides is 1. The number of aryl methyl sites for hydroxylation is 1. The number of carbonyl (C=O) groups excluding carboxylic acids is 1. The number of piperidine rings is 2. The molecule has 0 N–H and O–H groups in total. The molecule has 32 heavy (non-hydrogen) atoms. The number of fused-ring (bicyclic) bond motifs is 4. The van der Waals surface area contributed by atoms with Crippen LogP contribution in [0.2, 0.25) is 0 Å². The second-order valence-corrected chi connectivity index (χ2v) is 9.85. The summed E-state index contributed by atoms with van der Waals surface area (Å²) in [7, 11) is 0. The minimum atomic E-state index is 0.279. The van der Waals surface area contributed by atoms with E-state index in [1.807, 2.05) is 6.07 Å². The molecule has 4 fully saturated rings. The molecular formula is C26H31N5O. The molecule has 0 radical (unpaired) electrons. The van der Waals surface area contributed by atoms with Crippen LogP contribution in [0.4, 0.5) is 0 Å². The Bertz CT molecular complexity index is 1130. The number of carbonyl (C=O) groups is 1. The van der Waals surface area contributed by atoms with Crippen molar-refractivity contribution in [1.29, 1.82) is 0 Å². The lowest BCUT2D eigenvalue weighted by atomic mass is 9.89. The number of nitrogens with zero attached hydrogens (tertiary/aromatic N) is 5. The number of hydrogen-bond donors (Lipinski definition) is 0. The average Bonchev–Trinajstić information content (AvgIpc) is 3.49. The Morgan fingerprint density at radius 1 is 1.03 bits per heavy atom. The summed E-state index contributed by atoms with van der Waals surface area (Å²) in [4.78, 5) is 27.4. The van der Waals surface area contributed by atoms with Crippen molar-refractivity contribution >= 4 is 11.7 Å². The van der Waals surface area contributed by atoms with E-state index in [-0.39, 0.29) is 5.92 Å². The van der Waals surface area contributed by atoms with Crippen LogP contribution in [0, 0.1) is 12.8 Å². The summed E-state index contributed by atoms with van der Waals surface area (Å²) in [5.74, 6) is 1.45. The average molecular weight is 430 g/mol. The number of piperazine rings is 1. The molecule has 166 valence electrons. The van der Waals surface area contributed by atoms with E-state index in [0.29, 0.717) is 18.0 Å². The Labute approximate surface area is 189 Å². The lowest BCUT2D eigenvalue weighted by Gasteiger charge is -2.52. The fraction of sp³-hybridized carbons (Fsp3) is 0.500. The number of aromatic nitrogens is 3. The lowest BCUT2D eigenvalue weighted by molar-refractivity contribution is -0.146. The summed E-state index contributed by atoms with van der Waals surface area (Å²) in [5, 5.41) is 0. The van der Waals surface area contributed by atoms with Gasteiger partial charge < -0.3 is 4.90 Å². The molecule has 4 aliphatic rings. The van der Waals surface area contributed by atoms with Crippen molar-refractivity contribution in [2.75, 3.05) is 13.1 Å². The molecule has 3 aliphatic heterocycles. The maximum atomic E-state index is 13.1. The summed E-state index contributed by atoms with van der Waals surface area (Å²) in [6, 6.07) is 11.4. The fourth-order valence-corrected chi connectivity index (χ4v) is 6.01. The van der Waals surface area contributed by atoms with Crippen LogP contribution in [-0.2, 0) is 11.3 Å². The van der Waals surface area contributed by atoms with Gasteiger partial charge in [-0.3, -0.25) is 14.1 Å². The van der Waals surface area contributed by atoms with Gasteiger partial charge in [0, 0.05) is 55.6 Å². The van der Waals surface area contributed by atoms with E-state index in [1.165, 1.54) is 30.5 Å². The van der Waals surface area contributed by atoms with Gasteiger partial charge in [-0.25, -0.2) is 9.97 Å². The topological polar surface area (TPSA) is 53.7 Å². The molecule has 6 heteroatoms. The second-order valence-electron chi connectivity index (χ2n) is 9.85. The molecule has 1 aliphatic carbocycles. The molecule has 7 rings (SSSR count). The van der Waals surface area contributed by atoms with E-state index in [2.05, 4.69) is 56.6 Å². The summed E-state index contributed by atoms with van der Waals surface area (Å²) >= 11 is 0. The molecular weight excluding hydrogens is 398 g/mol. The zero-order chi connectivity index (χ0) is 21.7. The standard InChI is InChI=1S/C26H31N5O/c1-18-7-9-19(10-8-18)24-23(30-14-4-13-27-26(30)28-24)17-29-15-22-12-11-21(29)16-31(22)25(32)20-5-2-3-6-20/h4,7-10,13-14,20-22H,2-3,5-6,11-12,15-17H2,1H3. The van der Waals surface area contributed by atoms with Gasteiger partial charge in [0.1, 0.15) is 0 Å². The summed E-state index contributed by atoms with van der Waals surface area (Å²) in [5.41, 5.74) is 4.59. The van der Waals surface area contributed by atoms with E-state index < -0.39 is 0 Å². The van der Waals surface area contributed by atoms with Gasteiger partial charge in [0.05, 0.1) is 11.4 Å². The van der Waals surface area contributed by atoms with Crippen molar-refractivity contribution in [3.8, 4) is 11.3 Å². The minimum Gasteiger partial charge on any atom is -0.337 e. The molecule has 1 aromatic carbocycles. The van der Waals surface area contributed by atoms with Crippen molar-refractivity contribution in [3.63, 3.8) is 0 Å². The van der Waals surface area contributed by atoms with Crippen molar-refractivity contribution in [2.45, 2.75) is 64.1 Å². The third-order valence-electron chi connectivity index (χ3n) is 7.81. The first-order valence-electron chi connectivity index (χ1n) is 12.1. The zero-order valence-electron chi connectivity index (χ0n) is 18.8. The summed E-state index contributed by atoms with van der Waals surface area (Å²) in [6.07, 6.45) is 10.8. The predicted octanol–water partition coefficient (Wildman–Crippen LogP) is 4.07. The van der Waals surface area contributed by atoms with Crippen LogP contribution in [-0.4, -0.2) is 55.2 Å². The van der Waals surface area contributed by atoms with Crippen LogP contribution in [0.3, 0.4) is 0 Å². The van der Waals surface area contributed by atoms with Crippen LogP contribution in [0.5, 0.6) is 0 Å². The molecule has 0 spiro atoms. The molecule has 2 unspecified atom stereocenters. The SMILES string of the molecule is Cc1ccc(-c2nc3ncccn3c2CN2CC3CCC2CN3C(=O)C2CCCC2)cc1. The van der Waals surface area contributed by atoms with E-state index in [4.69, 9.17) is 4.98 Å². The van der Waals surface area contributed by atoms with Crippen molar-refractivity contribution < 1.29 is 4.79 Å². The zero-order valence-corrected chi connectivity index (χ0v) is 18.8. The van der Waals surface area contributed by atoms with Gasteiger partial charge in [-0.1, -0.05) is 42.7 Å². The Morgan fingerprint density at radius 2 is 1.81 bits per heavy atom.